The number of hydrogen-bond donors (Lipinski definition) is 0. The molecule has 0 unspecified atom stereocenters. The SMILES string of the molecule is CSc1cc(CN=C(N(C)C)N(C)C)ccn1. The lowest BCUT2D eigenvalue weighted by Gasteiger charge is -2.22. The van der Waals surface area contributed by atoms with Crippen LogP contribution < -0.4 is 0 Å². The van der Waals surface area contributed by atoms with Gasteiger partial charge in [-0.1, -0.05) is 0 Å². The van der Waals surface area contributed by atoms with Gasteiger partial charge < -0.3 is 9.80 Å². The van der Waals surface area contributed by atoms with Crippen LogP contribution in [-0.4, -0.2) is 55.2 Å². The topological polar surface area (TPSA) is 31.7 Å². The molecule has 0 aliphatic heterocycles. The normalized spacial score (nSPS) is 9.94. The summed E-state index contributed by atoms with van der Waals surface area (Å²) in [6, 6.07) is 4.09. The average Bonchev–Trinajstić information content (AvgIpc) is 2.28. The lowest BCUT2D eigenvalue weighted by atomic mass is 10.3. The van der Waals surface area contributed by atoms with E-state index in [2.05, 4.69) is 16.0 Å². The number of pyridine rings is 1. The van der Waals surface area contributed by atoms with Crippen molar-refractivity contribution < 1.29 is 0 Å². The fraction of sp³-hybridized carbons (Fsp3) is 0.500. The Balaban J connectivity index is 2.79. The van der Waals surface area contributed by atoms with E-state index in [9.17, 15) is 0 Å². The number of hydrogen-bond acceptors (Lipinski definition) is 3. The van der Waals surface area contributed by atoms with E-state index >= 15 is 0 Å². The Morgan fingerprint density at radius 3 is 2.47 bits per heavy atom. The van der Waals surface area contributed by atoms with Crippen LogP contribution in [0.1, 0.15) is 5.56 Å². The monoisotopic (exact) mass is 252 g/mol. The highest BCUT2D eigenvalue weighted by atomic mass is 32.2. The molecule has 1 heterocycles. The molecule has 1 aromatic rings. The third kappa shape index (κ3) is 4.26. The van der Waals surface area contributed by atoms with Gasteiger partial charge in [-0.3, -0.25) is 0 Å². The molecule has 0 saturated heterocycles. The van der Waals surface area contributed by atoms with Crippen LogP contribution in [0.25, 0.3) is 0 Å². The molecule has 0 amide bonds. The summed E-state index contributed by atoms with van der Waals surface area (Å²) in [7, 11) is 7.99. The summed E-state index contributed by atoms with van der Waals surface area (Å²) < 4.78 is 0. The van der Waals surface area contributed by atoms with E-state index in [0.717, 1.165) is 11.0 Å². The van der Waals surface area contributed by atoms with Crippen LogP contribution >= 0.6 is 11.8 Å². The van der Waals surface area contributed by atoms with Crippen molar-refractivity contribution in [2.75, 3.05) is 34.4 Å². The van der Waals surface area contributed by atoms with Gasteiger partial charge >= 0.3 is 0 Å². The van der Waals surface area contributed by atoms with Crippen molar-refractivity contribution in [2.24, 2.45) is 4.99 Å². The standard InChI is InChI=1S/C12H20N4S/c1-15(2)12(16(3)4)14-9-10-6-7-13-11(8-10)17-5/h6-8H,9H2,1-5H3. The number of aliphatic imine (C=N–C) groups is 1. The summed E-state index contributed by atoms with van der Waals surface area (Å²) in [6.45, 7) is 0.682. The predicted molar refractivity (Wildman–Crippen MR) is 74.5 cm³/mol. The summed E-state index contributed by atoms with van der Waals surface area (Å²) in [5.41, 5.74) is 1.19. The maximum absolute atomic E-state index is 4.60. The zero-order valence-electron chi connectivity index (χ0n) is 11.1. The summed E-state index contributed by atoms with van der Waals surface area (Å²) in [6.07, 6.45) is 3.86. The maximum atomic E-state index is 4.60. The Morgan fingerprint density at radius 1 is 1.29 bits per heavy atom. The molecular weight excluding hydrogens is 232 g/mol. The summed E-state index contributed by atoms with van der Waals surface area (Å²) in [4.78, 5) is 12.9. The molecule has 4 nitrogen and oxygen atoms in total. The Labute approximate surface area is 108 Å². The van der Waals surface area contributed by atoms with Crippen molar-refractivity contribution in [1.82, 2.24) is 14.8 Å². The first kappa shape index (κ1) is 13.8. The van der Waals surface area contributed by atoms with Gasteiger partial charge in [-0.05, 0) is 24.0 Å². The second-order valence-electron chi connectivity index (χ2n) is 4.11. The first-order valence-electron chi connectivity index (χ1n) is 5.42. The minimum atomic E-state index is 0.682. The van der Waals surface area contributed by atoms with Crippen molar-refractivity contribution >= 4 is 17.7 Å². The highest BCUT2D eigenvalue weighted by Gasteiger charge is 2.04. The van der Waals surface area contributed by atoms with Gasteiger partial charge in [0.15, 0.2) is 5.96 Å². The molecule has 5 heteroatoms. The van der Waals surface area contributed by atoms with Crippen LogP contribution in [-0.2, 0) is 6.54 Å². The van der Waals surface area contributed by atoms with Gasteiger partial charge in [0.1, 0.15) is 0 Å². The van der Waals surface area contributed by atoms with E-state index in [1.54, 1.807) is 11.8 Å². The maximum Gasteiger partial charge on any atom is 0.195 e. The van der Waals surface area contributed by atoms with E-state index in [-0.39, 0.29) is 0 Å². The van der Waals surface area contributed by atoms with E-state index in [0.29, 0.717) is 6.54 Å². The second kappa shape index (κ2) is 6.49. The highest BCUT2D eigenvalue weighted by Crippen LogP contribution is 2.13. The average molecular weight is 252 g/mol. The van der Waals surface area contributed by atoms with E-state index in [1.165, 1.54) is 5.56 Å². The molecule has 0 bridgehead atoms. The van der Waals surface area contributed by atoms with Crippen LogP contribution in [0.2, 0.25) is 0 Å². The zero-order chi connectivity index (χ0) is 12.8. The number of aromatic nitrogens is 1. The number of rotatable bonds is 3. The number of nitrogens with zero attached hydrogens (tertiary/aromatic N) is 4. The molecule has 0 radical (unpaired) electrons. The number of thioether (sulfide) groups is 1. The lowest BCUT2D eigenvalue weighted by molar-refractivity contribution is 0.479. The predicted octanol–water partition coefficient (Wildman–Crippen LogP) is 1.78. The first-order chi connectivity index (χ1) is 8.04. The summed E-state index contributed by atoms with van der Waals surface area (Å²) in [5.74, 6) is 0.965. The van der Waals surface area contributed by atoms with Crippen LogP contribution in [0.15, 0.2) is 28.3 Å². The molecule has 0 fully saturated rings. The van der Waals surface area contributed by atoms with Crippen LogP contribution in [0, 0.1) is 0 Å². The van der Waals surface area contributed by atoms with Gasteiger partial charge in [0, 0.05) is 34.4 Å². The Morgan fingerprint density at radius 2 is 1.94 bits per heavy atom. The van der Waals surface area contributed by atoms with Crippen molar-refractivity contribution in [2.45, 2.75) is 11.6 Å². The van der Waals surface area contributed by atoms with E-state index in [4.69, 9.17) is 0 Å². The molecular formula is C12H20N4S. The number of guanidine groups is 1. The molecule has 94 valence electrons. The molecule has 0 aliphatic carbocycles. The summed E-state index contributed by atoms with van der Waals surface area (Å²) >= 11 is 1.65. The van der Waals surface area contributed by atoms with Crippen LogP contribution in [0.4, 0.5) is 0 Å². The van der Waals surface area contributed by atoms with Gasteiger partial charge in [0.05, 0.1) is 11.6 Å². The Hall–Kier alpha value is -1.23. The molecule has 0 aliphatic rings. The molecule has 0 saturated carbocycles. The Kier molecular flexibility index (Phi) is 5.28. The molecule has 0 aromatic carbocycles. The third-order valence-electron chi connectivity index (χ3n) is 2.21. The smallest absolute Gasteiger partial charge is 0.195 e. The quantitative estimate of drug-likeness (QED) is 0.466. The van der Waals surface area contributed by atoms with Gasteiger partial charge in [-0.15, -0.1) is 11.8 Å². The Bertz CT molecular complexity index is 378. The van der Waals surface area contributed by atoms with Crippen LogP contribution in [0.5, 0.6) is 0 Å². The van der Waals surface area contributed by atoms with E-state index in [1.807, 2.05) is 56.5 Å². The van der Waals surface area contributed by atoms with Crippen LogP contribution in [0.3, 0.4) is 0 Å². The first-order valence-corrected chi connectivity index (χ1v) is 6.65. The largest absolute Gasteiger partial charge is 0.349 e. The van der Waals surface area contributed by atoms with Gasteiger partial charge in [-0.2, -0.15) is 0 Å². The molecule has 1 aromatic heterocycles. The van der Waals surface area contributed by atoms with Crippen molar-refractivity contribution in [3.63, 3.8) is 0 Å². The van der Waals surface area contributed by atoms with Gasteiger partial charge in [0.2, 0.25) is 0 Å². The zero-order valence-corrected chi connectivity index (χ0v) is 12.0. The minimum Gasteiger partial charge on any atom is -0.349 e. The van der Waals surface area contributed by atoms with Crippen molar-refractivity contribution in [3.05, 3.63) is 23.9 Å². The van der Waals surface area contributed by atoms with Gasteiger partial charge in [0.25, 0.3) is 0 Å². The molecule has 0 N–H and O–H groups in total. The second-order valence-corrected chi connectivity index (χ2v) is 4.94. The van der Waals surface area contributed by atoms with Crippen molar-refractivity contribution in [1.29, 1.82) is 0 Å². The van der Waals surface area contributed by atoms with Crippen molar-refractivity contribution in [3.8, 4) is 0 Å². The fourth-order valence-corrected chi connectivity index (χ4v) is 1.94. The third-order valence-corrected chi connectivity index (χ3v) is 2.85. The van der Waals surface area contributed by atoms with E-state index < -0.39 is 0 Å². The molecule has 0 atom stereocenters. The minimum absolute atomic E-state index is 0.682. The molecule has 17 heavy (non-hydrogen) atoms. The summed E-state index contributed by atoms with van der Waals surface area (Å²) in [5, 5.41) is 1.04. The lowest BCUT2D eigenvalue weighted by Crippen LogP contribution is -2.35. The highest BCUT2D eigenvalue weighted by molar-refractivity contribution is 7.98. The van der Waals surface area contributed by atoms with Gasteiger partial charge in [-0.25, -0.2) is 9.98 Å². The molecule has 0 spiro atoms. The fourth-order valence-electron chi connectivity index (χ4n) is 1.51. The molecule has 1 rings (SSSR count).